The summed E-state index contributed by atoms with van der Waals surface area (Å²) in [6.45, 7) is 4.26. The van der Waals surface area contributed by atoms with Crippen LogP contribution in [-0.2, 0) is 10.5 Å². The van der Waals surface area contributed by atoms with E-state index in [1.54, 1.807) is 11.8 Å². The largest absolute Gasteiger partial charge is 0.450 e. The minimum Gasteiger partial charge on any atom is -0.450 e. The first-order chi connectivity index (χ1) is 13.6. The molecule has 0 aliphatic carbocycles. The fraction of sp³-hybridized carbons (Fsp3) is 0.632. The maximum Gasteiger partial charge on any atom is 0.229 e. The fourth-order valence-electron chi connectivity index (χ4n) is 4.04. The van der Waals surface area contributed by atoms with Gasteiger partial charge in [0.25, 0.3) is 0 Å². The number of carbonyl (C=O) groups excluding carboxylic acids is 1. The first-order valence-corrected chi connectivity index (χ1v) is 14.9. The number of piperidine rings is 1. The van der Waals surface area contributed by atoms with Crippen LogP contribution in [0.4, 0.5) is 5.13 Å². The van der Waals surface area contributed by atoms with Crippen LogP contribution in [0.3, 0.4) is 0 Å². The number of nitrogens with one attached hydrogen (secondary N) is 2. The zero-order valence-corrected chi connectivity index (χ0v) is 19.0. The molecule has 0 saturated carbocycles. The number of amides is 1. The summed E-state index contributed by atoms with van der Waals surface area (Å²) in [6, 6.07) is 2.65. The molecule has 2 saturated heterocycles. The number of aromatic nitrogens is 2. The zero-order valence-electron chi connectivity index (χ0n) is 16.3. The molecular weight excluding hydrogens is 408 g/mol. The average molecular weight is 437 g/mol. The van der Waals surface area contributed by atoms with Crippen molar-refractivity contribution in [3.05, 3.63) is 18.3 Å². The van der Waals surface area contributed by atoms with Gasteiger partial charge in [-0.25, -0.2) is 9.97 Å². The van der Waals surface area contributed by atoms with Gasteiger partial charge in [0, 0.05) is 5.92 Å². The number of hydrogen-bond acceptors (Lipinski definition) is 7. The van der Waals surface area contributed by atoms with Crippen molar-refractivity contribution in [3.63, 3.8) is 0 Å². The summed E-state index contributed by atoms with van der Waals surface area (Å²) in [5.41, 5.74) is 0. The van der Waals surface area contributed by atoms with E-state index in [-0.39, 0.29) is 11.8 Å². The number of oxazole rings is 1. The van der Waals surface area contributed by atoms with Crippen LogP contribution in [0.25, 0.3) is 0 Å². The van der Waals surface area contributed by atoms with Gasteiger partial charge in [-0.1, -0.05) is 49.2 Å². The SMILES string of the molecule is C[Si]1(c2cnc(CSc3cnc(NC(=O)C4CCNCC4)s3)o2)CCCCC1. The lowest BCUT2D eigenvalue weighted by Crippen LogP contribution is -2.45. The molecule has 9 heteroatoms. The molecule has 2 fully saturated rings. The maximum atomic E-state index is 12.3. The molecule has 28 heavy (non-hydrogen) atoms. The van der Waals surface area contributed by atoms with E-state index in [2.05, 4.69) is 27.1 Å². The van der Waals surface area contributed by atoms with E-state index >= 15 is 0 Å². The van der Waals surface area contributed by atoms with E-state index in [9.17, 15) is 4.79 Å². The summed E-state index contributed by atoms with van der Waals surface area (Å²) >= 11 is 3.19. The van der Waals surface area contributed by atoms with Gasteiger partial charge in [-0.3, -0.25) is 4.79 Å². The smallest absolute Gasteiger partial charge is 0.229 e. The lowest BCUT2D eigenvalue weighted by Gasteiger charge is -2.28. The van der Waals surface area contributed by atoms with Gasteiger partial charge in [-0.15, -0.1) is 11.8 Å². The molecule has 2 aromatic rings. The predicted molar refractivity (Wildman–Crippen MR) is 117 cm³/mol. The van der Waals surface area contributed by atoms with E-state index < -0.39 is 8.07 Å². The molecule has 152 valence electrons. The number of hydrogen-bond donors (Lipinski definition) is 2. The quantitative estimate of drug-likeness (QED) is 0.529. The van der Waals surface area contributed by atoms with Crippen molar-refractivity contribution in [3.8, 4) is 0 Å². The molecule has 0 aromatic carbocycles. The summed E-state index contributed by atoms with van der Waals surface area (Å²) in [5, 5.41) is 8.11. The van der Waals surface area contributed by atoms with Crippen LogP contribution < -0.4 is 16.0 Å². The highest BCUT2D eigenvalue weighted by atomic mass is 32.2. The van der Waals surface area contributed by atoms with E-state index in [1.807, 2.05) is 12.4 Å². The molecule has 2 N–H and O–H groups in total. The molecule has 4 rings (SSSR count). The second-order valence-corrected chi connectivity index (χ2v) is 14.9. The Hall–Kier alpha value is -1.16. The van der Waals surface area contributed by atoms with Crippen LogP contribution in [0.2, 0.25) is 18.6 Å². The summed E-state index contributed by atoms with van der Waals surface area (Å²) in [6.07, 6.45) is 9.63. The molecule has 0 bridgehead atoms. The van der Waals surface area contributed by atoms with Gasteiger partial charge in [0.05, 0.1) is 22.4 Å². The first kappa shape index (κ1) is 20.1. The monoisotopic (exact) mass is 436 g/mol. The van der Waals surface area contributed by atoms with Gasteiger partial charge < -0.3 is 15.1 Å². The van der Waals surface area contributed by atoms with Crippen LogP contribution in [0, 0.1) is 5.92 Å². The summed E-state index contributed by atoms with van der Waals surface area (Å²) in [7, 11) is -1.43. The van der Waals surface area contributed by atoms with Crippen molar-refractivity contribution in [2.24, 2.45) is 5.92 Å². The predicted octanol–water partition coefficient (Wildman–Crippen LogP) is 3.83. The van der Waals surface area contributed by atoms with Crippen LogP contribution in [0.15, 0.2) is 21.0 Å². The lowest BCUT2D eigenvalue weighted by molar-refractivity contribution is -0.120. The summed E-state index contributed by atoms with van der Waals surface area (Å²) in [5.74, 6) is 1.69. The molecular formula is C19H28N4O2S2Si. The van der Waals surface area contributed by atoms with E-state index in [1.165, 1.54) is 48.1 Å². The van der Waals surface area contributed by atoms with Gasteiger partial charge >= 0.3 is 0 Å². The standard InChI is InChI=1S/C19H28N4O2S2Si/c1-28(9-3-2-4-10-28)16-11-21-15(25-16)13-26-17-12-22-19(27-17)23-18(24)14-5-7-20-8-6-14/h11-12,14,20H,2-10,13H2,1H3,(H,22,23,24). The topological polar surface area (TPSA) is 80.0 Å². The van der Waals surface area contributed by atoms with Crippen molar-refractivity contribution in [2.75, 3.05) is 18.4 Å². The third kappa shape index (κ3) is 4.87. The number of thiazole rings is 1. The van der Waals surface area contributed by atoms with Crippen molar-refractivity contribution in [2.45, 2.75) is 60.7 Å². The maximum absolute atomic E-state index is 12.3. The van der Waals surface area contributed by atoms with Crippen molar-refractivity contribution in [1.82, 2.24) is 15.3 Å². The second kappa shape index (κ2) is 9.11. The Labute approximate surface area is 175 Å². The molecule has 2 aromatic heterocycles. The first-order valence-electron chi connectivity index (χ1n) is 10.2. The Morgan fingerprint density at radius 1 is 1.29 bits per heavy atom. The number of nitrogens with zero attached hydrogens (tertiary/aromatic N) is 2. The highest BCUT2D eigenvalue weighted by Crippen LogP contribution is 2.32. The second-order valence-electron chi connectivity index (χ2n) is 8.03. The molecule has 1 amide bonds. The summed E-state index contributed by atoms with van der Waals surface area (Å²) in [4.78, 5) is 21.2. The third-order valence-electron chi connectivity index (χ3n) is 5.87. The van der Waals surface area contributed by atoms with Crippen molar-refractivity contribution in [1.29, 1.82) is 0 Å². The normalized spacial score (nSPS) is 20.2. The minimum absolute atomic E-state index is 0.0930. The molecule has 2 aliphatic rings. The Kier molecular flexibility index (Phi) is 6.54. The van der Waals surface area contributed by atoms with E-state index in [4.69, 9.17) is 4.42 Å². The van der Waals surface area contributed by atoms with Crippen molar-refractivity contribution < 1.29 is 9.21 Å². The van der Waals surface area contributed by atoms with Gasteiger partial charge in [0.15, 0.2) is 5.13 Å². The Morgan fingerprint density at radius 2 is 2.07 bits per heavy atom. The zero-order chi connectivity index (χ0) is 19.4. The Morgan fingerprint density at radius 3 is 2.86 bits per heavy atom. The molecule has 0 spiro atoms. The molecule has 4 heterocycles. The average Bonchev–Trinajstić information content (AvgIpc) is 3.37. The fourth-order valence-corrected chi connectivity index (χ4v) is 9.32. The van der Waals surface area contributed by atoms with Gasteiger partial charge in [-0.05, 0) is 25.9 Å². The molecule has 6 nitrogen and oxygen atoms in total. The number of anilines is 1. The third-order valence-corrected chi connectivity index (χ3v) is 12.3. The van der Waals surface area contributed by atoms with Crippen LogP contribution in [0.5, 0.6) is 0 Å². The molecule has 0 atom stereocenters. The Bertz CT molecular complexity index is 797. The number of thioether (sulfide) groups is 1. The van der Waals surface area contributed by atoms with Crippen LogP contribution in [-0.4, -0.2) is 37.0 Å². The van der Waals surface area contributed by atoms with E-state index in [0.717, 1.165) is 36.0 Å². The minimum atomic E-state index is -1.43. The number of carbonyl (C=O) groups is 1. The molecule has 2 aliphatic heterocycles. The van der Waals surface area contributed by atoms with Gasteiger partial charge in [-0.2, -0.15) is 0 Å². The molecule has 0 unspecified atom stereocenters. The van der Waals surface area contributed by atoms with Gasteiger partial charge in [0.2, 0.25) is 11.8 Å². The highest BCUT2D eigenvalue weighted by molar-refractivity contribution is 8.00. The van der Waals surface area contributed by atoms with Crippen LogP contribution in [0.1, 0.15) is 38.0 Å². The summed E-state index contributed by atoms with van der Waals surface area (Å²) < 4.78 is 7.21. The van der Waals surface area contributed by atoms with E-state index in [0.29, 0.717) is 10.9 Å². The lowest BCUT2D eigenvalue weighted by atomic mass is 9.97. The number of rotatable bonds is 6. The Balaban J connectivity index is 1.29. The highest BCUT2D eigenvalue weighted by Gasteiger charge is 2.35. The van der Waals surface area contributed by atoms with Crippen molar-refractivity contribution >= 4 is 47.6 Å². The molecule has 0 radical (unpaired) electrons. The van der Waals surface area contributed by atoms with Gasteiger partial charge in [0.1, 0.15) is 13.5 Å². The van der Waals surface area contributed by atoms with Crippen LogP contribution >= 0.6 is 23.1 Å².